The minimum Gasteiger partial charge on any atom is -0.494 e. The minimum absolute atomic E-state index is 0.00612. The number of imide groups is 1. The number of halogens is 1. The van der Waals surface area contributed by atoms with E-state index in [0.717, 1.165) is 24.8 Å². The predicted octanol–water partition coefficient (Wildman–Crippen LogP) is 2.88. The molecular weight excluding hydrogens is 323 g/mol. The number of benzene rings is 1. The Labute approximate surface area is 146 Å². The Morgan fingerprint density at radius 1 is 1.32 bits per heavy atom. The number of rotatable bonds is 4. The quantitative estimate of drug-likeness (QED) is 0.912. The molecular formula is C19H23FN2O3. The van der Waals surface area contributed by atoms with Gasteiger partial charge in [-0.05, 0) is 61.6 Å². The van der Waals surface area contributed by atoms with E-state index in [-0.39, 0.29) is 29.6 Å². The minimum atomic E-state index is -0.419. The second kappa shape index (κ2) is 6.00. The van der Waals surface area contributed by atoms with Crippen LogP contribution in [0.25, 0.3) is 0 Å². The van der Waals surface area contributed by atoms with Crippen LogP contribution in [0.15, 0.2) is 18.2 Å². The van der Waals surface area contributed by atoms with Crippen molar-refractivity contribution >= 4 is 11.9 Å². The summed E-state index contributed by atoms with van der Waals surface area (Å²) in [6, 6.07) is 4.32. The van der Waals surface area contributed by atoms with Crippen LogP contribution in [0.4, 0.5) is 9.18 Å². The third-order valence-corrected chi connectivity index (χ3v) is 6.06. The maximum atomic E-state index is 13.5. The van der Waals surface area contributed by atoms with Gasteiger partial charge in [-0.2, -0.15) is 0 Å². The van der Waals surface area contributed by atoms with Gasteiger partial charge in [-0.25, -0.2) is 9.18 Å². The first-order chi connectivity index (χ1) is 12.0. The van der Waals surface area contributed by atoms with Crippen LogP contribution in [0.2, 0.25) is 0 Å². The van der Waals surface area contributed by atoms with E-state index in [0.29, 0.717) is 18.4 Å². The van der Waals surface area contributed by atoms with Crippen LogP contribution in [0.5, 0.6) is 5.75 Å². The summed E-state index contributed by atoms with van der Waals surface area (Å²) < 4.78 is 18.5. The monoisotopic (exact) mass is 346 g/mol. The highest BCUT2D eigenvalue weighted by Crippen LogP contribution is 2.58. The second-order valence-corrected chi connectivity index (χ2v) is 7.61. The molecule has 1 spiro atoms. The van der Waals surface area contributed by atoms with Crippen molar-refractivity contribution in [1.29, 1.82) is 0 Å². The van der Waals surface area contributed by atoms with Crippen LogP contribution in [-0.4, -0.2) is 36.5 Å². The van der Waals surface area contributed by atoms with Crippen LogP contribution in [0, 0.1) is 17.2 Å². The fourth-order valence-electron chi connectivity index (χ4n) is 4.29. The predicted molar refractivity (Wildman–Crippen MR) is 89.7 cm³/mol. The topological polar surface area (TPSA) is 58.6 Å². The standard InChI is InChI=1S/C19H23FN2O3/c1-25-16-10-12(2-3-14(16)20)5-9-22-17(23)13-11-19(7-8-19)6-4-15(13)21-18(22)24/h2-3,10,13,15H,4-9,11H2,1H3,(H,21,24)/t13-,15+/m0/s1. The molecule has 3 amide bonds. The number of urea groups is 1. The van der Waals surface area contributed by atoms with Crippen molar-refractivity contribution in [2.75, 3.05) is 13.7 Å². The summed E-state index contributed by atoms with van der Waals surface area (Å²) >= 11 is 0. The lowest BCUT2D eigenvalue weighted by Gasteiger charge is -2.42. The first-order valence-electron chi connectivity index (χ1n) is 8.96. The maximum absolute atomic E-state index is 13.5. The van der Waals surface area contributed by atoms with Crippen LogP contribution < -0.4 is 10.1 Å². The van der Waals surface area contributed by atoms with Crippen molar-refractivity contribution in [3.05, 3.63) is 29.6 Å². The molecule has 5 nitrogen and oxygen atoms in total. The third kappa shape index (κ3) is 2.98. The molecule has 0 bridgehead atoms. The van der Waals surface area contributed by atoms with Crippen molar-refractivity contribution in [2.45, 2.75) is 44.6 Å². The Balaban J connectivity index is 1.44. The van der Waals surface area contributed by atoms with Crippen molar-refractivity contribution in [3.8, 4) is 5.75 Å². The van der Waals surface area contributed by atoms with E-state index in [2.05, 4.69) is 5.32 Å². The lowest BCUT2D eigenvalue weighted by molar-refractivity contribution is -0.137. The van der Waals surface area contributed by atoms with E-state index in [1.165, 1.54) is 30.9 Å². The Morgan fingerprint density at radius 2 is 2.12 bits per heavy atom. The van der Waals surface area contributed by atoms with Gasteiger partial charge in [-0.1, -0.05) is 6.07 Å². The van der Waals surface area contributed by atoms with E-state index in [4.69, 9.17) is 4.74 Å². The fourth-order valence-corrected chi connectivity index (χ4v) is 4.29. The molecule has 1 aliphatic heterocycles. The van der Waals surface area contributed by atoms with Crippen molar-refractivity contribution in [2.24, 2.45) is 11.3 Å². The lowest BCUT2D eigenvalue weighted by atomic mass is 9.74. The molecule has 0 unspecified atom stereocenters. The molecule has 1 aromatic carbocycles. The molecule has 1 N–H and O–H groups in total. The van der Waals surface area contributed by atoms with E-state index in [1.54, 1.807) is 12.1 Å². The Bertz CT molecular complexity index is 717. The third-order valence-electron chi connectivity index (χ3n) is 6.06. The van der Waals surface area contributed by atoms with E-state index in [9.17, 15) is 14.0 Å². The Morgan fingerprint density at radius 3 is 2.84 bits per heavy atom. The molecule has 6 heteroatoms. The zero-order chi connectivity index (χ0) is 17.6. The summed E-state index contributed by atoms with van der Waals surface area (Å²) in [6.07, 6.45) is 5.85. The summed E-state index contributed by atoms with van der Waals surface area (Å²) in [5.41, 5.74) is 1.21. The van der Waals surface area contributed by atoms with Crippen molar-refractivity contribution in [3.63, 3.8) is 0 Å². The largest absolute Gasteiger partial charge is 0.494 e. The van der Waals surface area contributed by atoms with Gasteiger partial charge in [0, 0.05) is 12.6 Å². The number of ether oxygens (including phenoxy) is 1. The number of carbonyl (C=O) groups is 2. The zero-order valence-corrected chi connectivity index (χ0v) is 14.4. The van der Waals surface area contributed by atoms with Gasteiger partial charge in [0.2, 0.25) is 5.91 Å². The average Bonchev–Trinajstić information content (AvgIpc) is 3.36. The molecule has 2 aliphatic carbocycles. The SMILES string of the molecule is COc1cc(CCN2C(=O)N[C@@H]3CCC4(CC4)C[C@@H]3C2=O)ccc1F. The first-order valence-corrected chi connectivity index (χ1v) is 8.96. The Kier molecular flexibility index (Phi) is 3.93. The first kappa shape index (κ1) is 16.4. The van der Waals surface area contributed by atoms with E-state index >= 15 is 0 Å². The molecule has 1 saturated heterocycles. The number of methoxy groups -OCH3 is 1. The van der Waals surface area contributed by atoms with Crippen molar-refractivity contribution in [1.82, 2.24) is 10.2 Å². The van der Waals surface area contributed by atoms with Gasteiger partial charge < -0.3 is 10.1 Å². The highest BCUT2D eigenvalue weighted by Gasteiger charge is 2.53. The molecule has 4 rings (SSSR count). The summed E-state index contributed by atoms with van der Waals surface area (Å²) in [6.45, 7) is 0.301. The van der Waals surface area contributed by atoms with Gasteiger partial charge in [-0.3, -0.25) is 9.69 Å². The molecule has 3 aliphatic rings. The summed E-state index contributed by atoms with van der Waals surface area (Å²) in [5, 5.41) is 3.01. The Hall–Kier alpha value is -2.11. The highest BCUT2D eigenvalue weighted by atomic mass is 19.1. The zero-order valence-electron chi connectivity index (χ0n) is 14.4. The van der Waals surface area contributed by atoms with Crippen molar-refractivity contribution < 1.29 is 18.7 Å². The normalized spacial score (nSPS) is 27.0. The molecule has 0 radical (unpaired) electrons. The fraction of sp³-hybridized carbons (Fsp3) is 0.579. The molecule has 1 aromatic rings. The number of carbonyl (C=O) groups excluding carboxylic acids is 2. The lowest BCUT2D eigenvalue weighted by Crippen LogP contribution is -2.61. The molecule has 2 saturated carbocycles. The van der Waals surface area contributed by atoms with Gasteiger partial charge in [0.05, 0.1) is 13.0 Å². The van der Waals surface area contributed by atoms with E-state index < -0.39 is 5.82 Å². The summed E-state index contributed by atoms with van der Waals surface area (Å²) in [7, 11) is 1.42. The van der Waals surface area contributed by atoms with Crippen LogP contribution in [-0.2, 0) is 11.2 Å². The number of amides is 3. The molecule has 134 valence electrons. The van der Waals surface area contributed by atoms with Gasteiger partial charge in [0.15, 0.2) is 11.6 Å². The second-order valence-electron chi connectivity index (χ2n) is 7.61. The number of nitrogens with one attached hydrogen (secondary N) is 1. The molecule has 3 fully saturated rings. The van der Waals surface area contributed by atoms with E-state index in [1.807, 2.05) is 0 Å². The molecule has 1 heterocycles. The van der Waals surface area contributed by atoms with Crippen LogP contribution in [0.3, 0.4) is 0 Å². The molecule has 0 aromatic heterocycles. The smallest absolute Gasteiger partial charge is 0.324 e. The number of hydrogen-bond acceptors (Lipinski definition) is 3. The van der Waals surface area contributed by atoms with Gasteiger partial charge >= 0.3 is 6.03 Å². The molecule has 25 heavy (non-hydrogen) atoms. The number of fused-ring (bicyclic) bond motifs is 1. The highest BCUT2D eigenvalue weighted by molar-refractivity contribution is 5.98. The van der Waals surface area contributed by atoms with Gasteiger partial charge in [0.25, 0.3) is 0 Å². The van der Waals surface area contributed by atoms with Gasteiger partial charge in [-0.15, -0.1) is 0 Å². The summed E-state index contributed by atoms with van der Waals surface area (Å²) in [5.74, 6) is -0.377. The number of hydrogen-bond donors (Lipinski definition) is 1. The summed E-state index contributed by atoms with van der Waals surface area (Å²) in [4.78, 5) is 26.5. The average molecular weight is 346 g/mol. The van der Waals surface area contributed by atoms with Crippen LogP contribution in [0.1, 0.15) is 37.7 Å². The van der Waals surface area contributed by atoms with Crippen LogP contribution >= 0.6 is 0 Å². The number of nitrogens with zero attached hydrogens (tertiary/aromatic N) is 1. The molecule has 2 atom stereocenters. The van der Waals surface area contributed by atoms with Gasteiger partial charge in [0.1, 0.15) is 0 Å². The maximum Gasteiger partial charge on any atom is 0.324 e.